The standard InChI is InChI=1S/C23H28N2O6/c1-13-9-17(14(2)24(13)7-4-8-30-3)18(26)12-31-19(27)11-25-22(28)20-15-5-6-16(10-15)21(20)23(25)29/h5-6,9,15-16,20-21H,4,7-8,10-12H2,1-3H3. The van der Waals surface area contributed by atoms with Gasteiger partial charge in [-0.2, -0.15) is 0 Å². The number of imide groups is 1. The van der Waals surface area contributed by atoms with Crippen LogP contribution in [0.25, 0.3) is 0 Å². The average molecular weight is 428 g/mol. The van der Waals surface area contributed by atoms with Crippen molar-refractivity contribution in [1.82, 2.24) is 9.47 Å². The fourth-order valence-electron chi connectivity index (χ4n) is 5.31. The highest BCUT2D eigenvalue weighted by molar-refractivity contribution is 6.08. The van der Waals surface area contributed by atoms with Crippen LogP contribution in [0.15, 0.2) is 18.2 Å². The molecule has 2 heterocycles. The first kappa shape index (κ1) is 21.5. The number of aromatic nitrogens is 1. The van der Waals surface area contributed by atoms with Crippen molar-refractivity contribution >= 4 is 23.6 Å². The Morgan fingerprint density at radius 2 is 1.74 bits per heavy atom. The van der Waals surface area contributed by atoms with E-state index in [-0.39, 0.29) is 41.3 Å². The van der Waals surface area contributed by atoms with E-state index >= 15 is 0 Å². The fraction of sp³-hybridized carbons (Fsp3) is 0.565. The summed E-state index contributed by atoms with van der Waals surface area (Å²) in [6, 6.07) is 1.79. The van der Waals surface area contributed by atoms with E-state index in [0.717, 1.165) is 35.7 Å². The van der Waals surface area contributed by atoms with E-state index in [2.05, 4.69) is 0 Å². The van der Waals surface area contributed by atoms with Gasteiger partial charge in [-0.05, 0) is 44.6 Å². The lowest BCUT2D eigenvalue weighted by Crippen LogP contribution is -2.38. The number of hydrogen-bond donors (Lipinski definition) is 0. The Balaban J connectivity index is 1.32. The number of aryl methyl sites for hydroxylation is 1. The van der Waals surface area contributed by atoms with Gasteiger partial charge in [0, 0.05) is 37.2 Å². The number of amides is 2. The first-order valence-electron chi connectivity index (χ1n) is 10.7. The first-order valence-corrected chi connectivity index (χ1v) is 10.7. The van der Waals surface area contributed by atoms with E-state index < -0.39 is 19.1 Å². The Bertz CT molecular complexity index is 932. The third kappa shape index (κ3) is 3.73. The molecule has 1 aromatic heterocycles. The van der Waals surface area contributed by atoms with Crippen LogP contribution in [0.5, 0.6) is 0 Å². The minimum Gasteiger partial charge on any atom is -0.456 e. The topological polar surface area (TPSA) is 94.9 Å². The predicted octanol–water partition coefficient (Wildman–Crippen LogP) is 1.67. The molecule has 31 heavy (non-hydrogen) atoms. The van der Waals surface area contributed by atoms with E-state index in [1.54, 1.807) is 13.2 Å². The van der Waals surface area contributed by atoms with E-state index in [9.17, 15) is 19.2 Å². The lowest BCUT2D eigenvalue weighted by molar-refractivity contribution is -0.152. The Hall–Kier alpha value is -2.74. The SMILES string of the molecule is COCCCn1c(C)cc(C(=O)COC(=O)CN2C(=O)C3C4C=CC(C4)C3C2=O)c1C. The number of likely N-dealkylation sites (tertiary alicyclic amines) is 1. The Morgan fingerprint density at radius 1 is 1.10 bits per heavy atom. The molecule has 0 spiro atoms. The summed E-state index contributed by atoms with van der Waals surface area (Å²) in [5.74, 6) is -2.16. The van der Waals surface area contributed by atoms with Gasteiger partial charge in [0.05, 0.1) is 11.8 Å². The summed E-state index contributed by atoms with van der Waals surface area (Å²) >= 11 is 0. The number of nitrogens with zero attached hydrogens (tertiary/aromatic N) is 2. The summed E-state index contributed by atoms with van der Waals surface area (Å²) in [4.78, 5) is 51.2. The molecule has 2 bridgehead atoms. The van der Waals surface area contributed by atoms with Crippen molar-refractivity contribution in [2.24, 2.45) is 23.7 Å². The van der Waals surface area contributed by atoms with E-state index in [0.29, 0.717) is 12.2 Å². The van der Waals surface area contributed by atoms with Gasteiger partial charge in [0.2, 0.25) is 17.6 Å². The molecule has 8 heteroatoms. The summed E-state index contributed by atoms with van der Waals surface area (Å²) < 4.78 is 12.2. The highest BCUT2D eigenvalue weighted by atomic mass is 16.5. The zero-order valence-corrected chi connectivity index (χ0v) is 18.1. The zero-order valence-electron chi connectivity index (χ0n) is 18.1. The second-order valence-corrected chi connectivity index (χ2v) is 8.63. The summed E-state index contributed by atoms with van der Waals surface area (Å²) in [6.45, 7) is 4.29. The molecule has 1 aliphatic heterocycles. The first-order chi connectivity index (χ1) is 14.8. The highest BCUT2D eigenvalue weighted by Gasteiger charge is 2.59. The van der Waals surface area contributed by atoms with Crippen LogP contribution in [0.3, 0.4) is 0 Å². The molecule has 3 aliphatic rings. The number of ether oxygens (including phenoxy) is 2. The van der Waals surface area contributed by atoms with Crippen LogP contribution in [0.1, 0.15) is 34.6 Å². The smallest absolute Gasteiger partial charge is 0.326 e. The van der Waals surface area contributed by atoms with Crippen LogP contribution < -0.4 is 0 Å². The minimum absolute atomic E-state index is 0.0909. The maximum Gasteiger partial charge on any atom is 0.326 e. The number of fused-ring (bicyclic) bond motifs is 5. The van der Waals surface area contributed by atoms with Gasteiger partial charge in [-0.1, -0.05) is 12.2 Å². The van der Waals surface area contributed by atoms with Gasteiger partial charge in [0.15, 0.2) is 6.61 Å². The molecule has 0 aromatic carbocycles. The molecule has 166 valence electrons. The molecular formula is C23H28N2O6. The Kier molecular flexibility index (Phi) is 5.83. The van der Waals surface area contributed by atoms with Crippen LogP contribution in [-0.2, 0) is 30.4 Å². The van der Waals surface area contributed by atoms with E-state index in [4.69, 9.17) is 9.47 Å². The van der Waals surface area contributed by atoms with Gasteiger partial charge in [0.25, 0.3) is 0 Å². The van der Waals surface area contributed by atoms with Crippen molar-refractivity contribution in [1.29, 1.82) is 0 Å². The zero-order chi connectivity index (χ0) is 22.3. The van der Waals surface area contributed by atoms with Gasteiger partial charge in [-0.3, -0.25) is 24.1 Å². The summed E-state index contributed by atoms with van der Waals surface area (Å²) in [6.07, 6.45) is 5.67. The normalized spacial score (nSPS) is 26.1. The van der Waals surface area contributed by atoms with Gasteiger partial charge in [0.1, 0.15) is 6.54 Å². The highest BCUT2D eigenvalue weighted by Crippen LogP contribution is 2.52. The molecule has 0 radical (unpaired) electrons. The quantitative estimate of drug-likeness (QED) is 0.195. The molecule has 4 atom stereocenters. The molecule has 4 unspecified atom stereocenters. The van der Waals surface area contributed by atoms with Crippen molar-refractivity contribution in [3.8, 4) is 0 Å². The third-order valence-electron chi connectivity index (χ3n) is 6.82. The van der Waals surface area contributed by atoms with Gasteiger partial charge in [-0.15, -0.1) is 0 Å². The van der Waals surface area contributed by atoms with Crippen LogP contribution in [-0.4, -0.2) is 59.9 Å². The Morgan fingerprint density at radius 3 is 2.35 bits per heavy atom. The predicted molar refractivity (Wildman–Crippen MR) is 110 cm³/mol. The van der Waals surface area contributed by atoms with Crippen molar-refractivity contribution in [3.63, 3.8) is 0 Å². The van der Waals surface area contributed by atoms with Crippen molar-refractivity contribution in [2.75, 3.05) is 26.9 Å². The van der Waals surface area contributed by atoms with Crippen LogP contribution in [0.4, 0.5) is 0 Å². The third-order valence-corrected chi connectivity index (χ3v) is 6.82. The molecule has 1 saturated heterocycles. The van der Waals surface area contributed by atoms with Gasteiger partial charge in [-0.25, -0.2) is 0 Å². The summed E-state index contributed by atoms with van der Waals surface area (Å²) in [5, 5.41) is 0. The number of carbonyl (C=O) groups excluding carboxylic acids is 4. The molecule has 4 rings (SSSR count). The number of hydrogen-bond acceptors (Lipinski definition) is 6. The van der Waals surface area contributed by atoms with Crippen LogP contribution in [0, 0.1) is 37.5 Å². The van der Waals surface area contributed by atoms with Gasteiger partial charge < -0.3 is 14.0 Å². The Labute approximate surface area is 181 Å². The number of methoxy groups -OCH3 is 1. The number of Topliss-reactive ketones (excluding diaryl/α,β-unsaturated/α-hetero) is 1. The van der Waals surface area contributed by atoms with Crippen LogP contribution >= 0.6 is 0 Å². The molecular weight excluding hydrogens is 400 g/mol. The molecule has 1 aromatic rings. The van der Waals surface area contributed by atoms with Crippen molar-refractivity contribution in [2.45, 2.75) is 33.2 Å². The number of esters is 1. The van der Waals surface area contributed by atoms with Crippen molar-refractivity contribution < 1.29 is 28.7 Å². The van der Waals surface area contributed by atoms with Crippen LogP contribution in [0.2, 0.25) is 0 Å². The molecule has 1 saturated carbocycles. The van der Waals surface area contributed by atoms with Crippen molar-refractivity contribution in [3.05, 3.63) is 35.2 Å². The largest absolute Gasteiger partial charge is 0.456 e. The monoisotopic (exact) mass is 428 g/mol. The number of carbonyl (C=O) groups is 4. The second-order valence-electron chi connectivity index (χ2n) is 8.63. The molecule has 8 nitrogen and oxygen atoms in total. The maximum absolute atomic E-state index is 12.7. The minimum atomic E-state index is -0.746. The van der Waals surface area contributed by atoms with E-state index in [1.807, 2.05) is 30.6 Å². The maximum atomic E-state index is 12.7. The second kappa shape index (κ2) is 8.42. The lowest BCUT2D eigenvalue weighted by atomic mass is 9.85. The number of ketones is 1. The summed E-state index contributed by atoms with van der Waals surface area (Å²) in [7, 11) is 1.65. The van der Waals surface area contributed by atoms with Gasteiger partial charge >= 0.3 is 5.97 Å². The fourth-order valence-corrected chi connectivity index (χ4v) is 5.31. The molecule has 0 N–H and O–H groups in total. The average Bonchev–Trinajstić information content (AvgIpc) is 3.48. The lowest BCUT2D eigenvalue weighted by Gasteiger charge is -2.16. The summed E-state index contributed by atoms with van der Waals surface area (Å²) in [5.41, 5.74) is 2.27. The number of rotatable bonds is 9. The molecule has 2 aliphatic carbocycles. The molecule has 2 amide bonds. The van der Waals surface area contributed by atoms with E-state index in [1.165, 1.54) is 0 Å². The molecule has 2 fully saturated rings. The number of allylic oxidation sites excluding steroid dienone is 2.